The largest absolute Gasteiger partial charge is 0.392 e. The first kappa shape index (κ1) is 21.5. The lowest BCUT2D eigenvalue weighted by Crippen LogP contribution is -2.55. The van der Waals surface area contributed by atoms with E-state index in [9.17, 15) is 13.2 Å². The van der Waals surface area contributed by atoms with E-state index in [1.54, 1.807) is 13.8 Å². The van der Waals surface area contributed by atoms with Crippen LogP contribution in [0.25, 0.3) is 5.57 Å². The Bertz CT molecular complexity index is 779. The second kappa shape index (κ2) is 8.51. The van der Waals surface area contributed by atoms with Crippen molar-refractivity contribution >= 4 is 27.4 Å². The number of aliphatic hydroxyl groups excluding tert-OH is 1. The molecule has 0 unspecified atom stereocenters. The lowest BCUT2D eigenvalue weighted by Gasteiger charge is -2.35. The number of rotatable bonds is 8. The molecule has 0 radical (unpaired) electrons. The highest BCUT2D eigenvalue weighted by Crippen LogP contribution is 2.22. The zero-order chi connectivity index (χ0) is 20.2. The highest BCUT2D eigenvalue weighted by atomic mass is 32.2. The van der Waals surface area contributed by atoms with Gasteiger partial charge < -0.3 is 14.9 Å². The van der Waals surface area contributed by atoms with Crippen LogP contribution < -0.4 is 15.4 Å². The summed E-state index contributed by atoms with van der Waals surface area (Å²) in [5, 5.41) is 18.8. The minimum atomic E-state index is -3.20. The van der Waals surface area contributed by atoms with Crippen LogP contribution in [0.1, 0.15) is 45.2 Å². The van der Waals surface area contributed by atoms with Gasteiger partial charge in [-0.05, 0) is 45.1 Å². The molecule has 0 saturated heterocycles. The van der Waals surface area contributed by atoms with Gasteiger partial charge in [-0.15, -0.1) is 0 Å². The second-order valence-electron chi connectivity index (χ2n) is 7.50. The van der Waals surface area contributed by atoms with E-state index in [1.807, 2.05) is 0 Å². The van der Waals surface area contributed by atoms with Crippen molar-refractivity contribution in [2.45, 2.75) is 57.2 Å². The van der Waals surface area contributed by atoms with Crippen LogP contribution in [-0.4, -0.2) is 55.1 Å². The molecule has 1 heterocycles. The van der Waals surface area contributed by atoms with E-state index in [-0.39, 0.29) is 30.5 Å². The molecular formula is C17H28N4O5S. The zero-order valence-corrected chi connectivity index (χ0v) is 16.7. The SMILES string of the molecule is C=C(CO)c1cc(NC(=O)C(C)(C)NC2CCC(NS(C)(=O)=O)CC2)on1. The third-order valence-corrected chi connectivity index (χ3v) is 5.30. The topological polar surface area (TPSA) is 134 Å². The Balaban J connectivity index is 1.87. The van der Waals surface area contributed by atoms with Gasteiger partial charge in [0.2, 0.25) is 21.8 Å². The standard InChI is InChI=1S/C17H28N4O5S/c1-11(10-22)14-9-15(26-20-14)18-16(23)17(2,3)19-12-5-7-13(8-6-12)21-27(4,24)25/h9,12-13,19,21-22H,1,5-8,10H2,2-4H3,(H,18,23). The fourth-order valence-electron chi connectivity index (χ4n) is 3.08. The van der Waals surface area contributed by atoms with Crippen molar-refractivity contribution in [1.29, 1.82) is 0 Å². The Hall–Kier alpha value is -1.75. The van der Waals surface area contributed by atoms with E-state index < -0.39 is 15.6 Å². The predicted octanol–water partition coefficient (Wildman–Crippen LogP) is 0.847. The van der Waals surface area contributed by atoms with Crippen molar-refractivity contribution in [1.82, 2.24) is 15.2 Å². The zero-order valence-electron chi connectivity index (χ0n) is 15.9. The molecule has 10 heteroatoms. The molecule has 0 spiro atoms. The highest BCUT2D eigenvalue weighted by Gasteiger charge is 2.33. The maximum Gasteiger partial charge on any atom is 0.246 e. The first-order valence-electron chi connectivity index (χ1n) is 8.82. The van der Waals surface area contributed by atoms with Gasteiger partial charge in [-0.25, -0.2) is 13.1 Å². The molecule has 1 saturated carbocycles. The minimum absolute atomic E-state index is 0.0535. The van der Waals surface area contributed by atoms with E-state index in [1.165, 1.54) is 6.07 Å². The van der Waals surface area contributed by atoms with Crippen LogP contribution in [-0.2, 0) is 14.8 Å². The normalized spacial score (nSPS) is 21.0. The summed E-state index contributed by atoms with van der Waals surface area (Å²) in [4.78, 5) is 12.6. The van der Waals surface area contributed by atoms with Gasteiger partial charge in [0.25, 0.3) is 0 Å². The van der Waals surface area contributed by atoms with Crippen LogP contribution in [0, 0.1) is 0 Å². The number of nitrogens with zero attached hydrogens (tertiary/aromatic N) is 1. The van der Waals surface area contributed by atoms with Crippen molar-refractivity contribution < 1.29 is 22.8 Å². The number of anilines is 1. The number of nitrogens with one attached hydrogen (secondary N) is 3. The van der Waals surface area contributed by atoms with Gasteiger partial charge in [-0.1, -0.05) is 11.7 Å². The number of sulfonamides is 1. The van der Waals surface area contributed by atoms with Gasteiger partial charge in [0, 0.05) is 18.2 Å². The van der Waals surface area contributed by atoms with E-state index in [0.717, 1.165) is 31.9 Å². The maximum absolute atomic E-state index is 12.6. The van der Waals surface area contributed by atoms with Crippen molar-refractivity contribution in [3.63, 3.8) is 0 Å². The summed E-state index contributed by atoms with van der Waals surface area (Å²) in [5.41, 5.74) is -0.0748. The van der Waals surface area contributed by atoms with Crippen molar-refractivity contribution in [3.8, 4) is 0 Å². The predicted molar refractivity (Wildman–Crippen MR) is 102 cm³/mol. The Labute approximate surface area is 159 Å². The molecular weight excluding hydrogens is 372 g/mol. The van der Waals surface area contributed by atoms with Crippen LogP contribution in [0.2, 0.25) is 0 Å². The Morgan fingerprint density at radius 3 is 2.48 bits per heavy atom. The van der Waals surface area contributed by atoms with Crippen LogP contribution in [0.4, 0.5) is 5.88 Å². The lowest BCUT2D eigenvalue weighted by molar-refractivity contribution is -0.121. The molecule has 0 atom stereocenters. The molecule has 0 bridgehead atoms. The summed E-state index contributed by atoms with van der Waals surface area (Å²) < 4.78 is 30.3. The van der Waals surface area contributed by atoms with E-state index >= 15 is 0 Å². The van der Waals surface area contributed by atoms with Crippen molar-refractivity contribution in [3.05, 3.63) is 18.3 Å². The molecule has 1 fully saturated rings. The van der Waals surface area contributed by atoms with E-state index in [4.69, 9.17) is 9.63 Å². The number of carbonyl (C=O) groups is 1. The highest BCUT2D eigenvalue weighted by molar-refractivity contribution is 7.88. The smallest absolute Gasteiger partial charge is 0.246 e. The molecule has 9 nitrogen and oxygen atoms in total. The van der Waals surface area contributed by atoms with Crippen LogP contribution in [0.5, 0.6) is 0 Å². The third kappa shape index (κ3) is 6.42. The first-order chi connectivity index (χ1) is 12.5. The van der Waals surface area contributed by atoms with E-state index in [2.05, 4.69) is 27.1 Å². The van der Waals surface area contributed by atoms with Gasteiger partial charge in [0.05, 0.1) is 18.4 Å². The second-order valence-corrected chi connectivity index (χ2v) is 9.28. The van der Waals surface area contributed by atoms with E-state index in [0.29, 0.717) is 11.3 Å². The molecule has 0 aliphatic heterocycles. The fourth-order valence-corrected chi connectivity index (χ4v) is 3.93. The van der Waals surface area contributed by atoms with Gasteiger partial charge >= 0.3 is 0 Å². The molecule has 27 heavy (non-hydrogen) atoms. The summed E-state index contributed by atoms with van der Waals surface area (Å²) in [6, 6.07) is 1.57. The van der Waals surface area contributed by atoms with Gasteiger partial charge in [0.15, 0.2) is 0 Å². The summed E-state index contributed by atoms with van der Waals surface area (Å²) in [6.07, 6.45) is 4.14. The quantitative estimate of drug-likeness (QED) is 0.508. The Kier molecular flexibility index (Phi) is 6.79. The number of carbonyl (C=O) groups excluding carboxylic acids is 1. The third-order valence-electron chi connectivity index (χ3n) is 4.54. The van der Waals surface area contributed by atoms with Crippen LogP contribution in [0.3, 0.4) is 0 Å². The number of hydrogen-bond acceptors (Lipinski definition) is 7. The summed E-state index contributed by atoms with van der Waals surface area (Å²) in [7, 11) is -3.20. The molecule has 152 valence electrons. The molecule has 0 aromatic carbocycles. The molecule has 4 N–H and O–H groups in total. The van der Waals surface area contributed by atoms with Crippen molar-refractivity contribution in [2.75, 3.05) is 18.2 Å². The minimum Gasteiger partial charge on any atom is -0.392 e. The van der Waals surface area contributed by atoms with Gasteiger partial charge in [-0.2, -0.15) is 0 Å². The fraction of sp³-hybridized carbons (Fsp3) is 0.647. The average Bonchev–Trinajstić information content (AvgIpc) is 3.03. The number of aromatic nitrogens is 1. The summed E-state index contributed by atoms with van der Waals surface area (Å²) in [6.45, 7) is 6.95. The number of aliphatic hydroxyl groups is 1. The summed E-state index contributed by atoms with van der Waals surface area (Å²) >= 11 is 0. The Morgan fingerprint density at radius 2 is 1.93 bits per heavy atom. The number of hydrogen-bond donors (Lipinski definition) is 4. The molecule has 1 aromatic heterocycles. The summed E-state index contributed by atoms with van der Waals surface area (Å²) in [5.74, 6) is -0.100. The van der Waals surface area contributed by atoms with Crippen LogP contribution in [0.15, 0.2) is 17.2 Å². The molecule has 1 aromatic rings. The molecule has 1 aliphatic rings. The van der Waals surface area contributed by atoms with Gasteiger partial charge in [-0.3, -0.25) is 10.1 Å². The van der Waals surface area contributed by atoms with Crippen LogP contribution >= 0.6 is 0 Å². The number of amides is 1. The monoisotopic (exact) mass is 400 g/mol. The molecule has 1 aliphatic carbocycles. The van der Waals surface area contributed by atoms with Crippen molar-refractivity contribution in [2.24, 2.45) is 0 Å². The van der Waals surface area contributed by atoms with Gasteiger partial charge in [0.1, 0.15) is 5.69 Å². The maximum atomic E-state index is 12.6. The molecule has 2 rings (SSSR count). The first-order valence-corrected chi connectivity index (χ1v) is 10.7. The molecule has 1 amide bonds. The Morgan fingerprint density at radius 1 is 1.33 bits per heavy atom. The average molecular weight is 401 g/mol. The lowest BCUT2D eigenvalue weighted by atomic mass is 9.89.